The number of hydrogen-bond acceptors (Lipinski definition) is 2. The first-order chi connectivity index (χ1) is 11.4. The van der Waals surface area contributed by atoms with Crippen molar-refractivity contribution in [3.05, 3.63) is 66.0 Å². The summed E-state index contributed by atoms with van der Waals surface area (Å²) in [4.78, 5) is 4.18. The highest BCUT2D eigenvalue weighted by Gasteiger charge is 2.14. The first-order valence-electron chi connectivity index (χ1n) is 8.61. The molecule has 1 heterocycles. The molecule has 24 heavy (non-hydrogen) atoms. The minimum atomic E-state index is -0.303. The number of nitrogens with zero attached hydrogens (tertiary/aromatic N) is 1. The fourth-order valence-corrected chi connectivity index (χ4v) is 2.72. The summed E-state index contributed by atoms with van der Waals surface area (Å²) in [5, 5.41) is 2.43. The van der Waals surface area contributed by atoms with Crippen molar-refractivity contribution >= 4 is 10.8 Å². The molecule has 0 spiro atoms. The number of nitrogens with two attached hydrogens (primary N) is 1. The molecule has 2 aromatic carbocycles. The first kappa shape index (κ1) is 18.2. The van der Waals surface area contributed by atoms with Crippen LogP contribution in [0.25, 0.3) is 21.9 Å². The number of aryl methyl sites for hydroxylation is 1. The molecule has 0 unspecified atom stereocenters. The van der Waals surface area contributed by atoms with Gasteiger partial charge >= 0.3 is 0 Å². The summed E-state index contributed by atoms with van der Waals surface area (Å²) in [6, 6.07) is 14.9. The van der Waals surface area contributed by atoms with Gasteiger partial charge in [-0.2, -0.15) is 0 Å². The molecule has 0 saturated heterocycles. The normalized spacial score (nSPS) is 11.1. The molecule has 0 aliphatic carbocycles. The van der Waals surface area contributed by atoms with E-state index in [-0.39, 0.29) is 5.54 Å². The minimum Gasteiger partial charge on any atom is -0.322 e. The van der Waals surface area contributed by atoms with Crippen LogP contribution >= 0.6 is 0 Å². The van der Waals surface area contributed by atoms with E-state index in [1.807, 2.05) is 26.2 Å². The predicted octanol–water partition coefficient (Wildman–Crippen LogP) is 5.82. The third-order valence-corrected chi connectivity index (χ3v) is 4.03. The van der Waals surface area contributed by atoms with E-state index >= 15 is 0 Å². The Labute approximate surface area is 145 Å². The van der Waals surface area contributed by atoms with Gasteiger partial charge in [0.15, 0.2) is 0 Å². The maximum Gasteiger partial charge on any atom is 0.0352 e. The van der Waals surface area contributed by atoms with Crippen LogP contribution in [0.5, 0.6) is 0 Å². The largest absolute Gasteiger partial charge is 0.322 e. The van der Waals surface area contributed by atoms with Crippen LogP contribution < -0.4 is 5.73 Å². The lowest BCUT2D eigenvalue weighted by molar-refractivity contribution is 0.554. The Balaban J connectivity index is 0.000000647. The topological polar surface area (TPSA) is 38.9 Å². The summed E-state index contributed by atoms with van der Waals surface area (Å²) in [6.45, 7) is 10.5. The van der Waals surface area contributed by atoms with E-state index in [9.17, 15) is 0 Å². The Morgan fingerprint density at radius 3 is 2.17 bits per heavy atom. The van der Waals surface area contributed by atoms with E-state index in [0.717, 1.165) is 5.56 Å². The van der Waals surface area contributed by atoms with E-state index in [0.29, 0.717) is 0 Å². The predicted molar refractivity (Wildman–Crippen MR) is 105 cm³/mol. The first-order valence-corrected chi connectivity index (χ1v) is 8.61. The van der Waals surface area contributed by atoms with E-state index in [1.54, 1.807) is 0 Å². The number of hydrogen-bond donors (Lipinski definition) is 1. The van der Waals surface area contributed by atoms with Gasteiger partial charge in [0.1, 0.15) is 0 Å². The molecule has 0 saturated carbocycles. The summed E-state index contributed by atoms with van der Waals surface area (Å²) in [5.74, 6) is 0. The van der Waals surface area contributed by atoms with Crippen molar-refractivity contribution in [1.82, 2.24) is 4.98 Å². The molecule has 0 amide bonds. The maximum atomic E-state index is 6.14. The van der Waals surface area contributed by atoms with Crippen LogP contribution in [-0.2, 0) is 5.54 Å². The molecular weight excluding hydrogens is 292 g/mol. The molecular formula is C22H28N2. The van der Waals surface area contributed by atoms with E-state index in [2.05, 4.69) is 68.2 Å². The van der Waals surface area contributed by atoms with Crippen LogP contribution in [0.3, 0.4) is 0 Å². The number of aromatic nitrogens is 1. The van der Waals surface area contributed by atoms with Gasteiger partial charge < -0.3 is 5.73 Å². The Morgan fingerprint density at radius 2 is 1.58 bits per heavy atom. The SMILES string of the molecule is CCC.Cc1c(-c2ccc(C(C)(C)N)cc2)ccc2cnccc12. The maximum absolute atomic E-state index is 6.14. The van der Waals surface area contributed by atoms with Crippen LogP contribution in [0.4, 0.5) is 0 Å². The third-order valence-electron chi connectivity index (χ3n) is 4.03. The lowest BCUT2D eigenvalue weighted by Gasteiger charge is -2.19. The van der Waals surface area contributed by atoms with Gasteiger partial charge in [0.05, 0.1) is 0 Å². The monoisotopic (exact) mass is 320 g/mol. The molecule has 0 bridgehead atoms. The molecule has 1 aromatic heterocycles. The molecule has 0 radical (unpaired) electrons. The minimum absolute atomic E-state index is 0.303. The number of rotatable bonds is 2. The molecule has 0 aliphatic heterocycles. The fourth-order valence-electron chi connectivity index (χ4n) is 2.72. The number of fused-ring (bicyclic) bond motifs is 1. The van der Waals surface area contributed by atoms with Crippen LogP contribution in [0.15, 0.2) is 54.9 Å². The lowest BCUT2D eigenvalue weighted by atomic mass is 9.91. The van der Waals surface area contributed by atoms with Crippen LogP contribution in [0, 0.1) is 6.92 Å². The van der Waals surface area contributed by atoms with Crippen molar-refractivity contribution in [2.75, 3.05) is 0 Å². The molecule has 3 rings (SSSR count). The smallest absolute Gasteiger partial charge is 0.0352 e. The van der Waals surface area contributed by atoms with Crippen molar-refractivity contribution in [3.63, 3.8) is 0 Å². The quantitative estimate of drug-likeness (QED) is 0.646. The van der Waals surface area contributed by atoms with E-state index in [4.69, 9.17) is 5.73 Å². The van der Waals surface area contributed by atoms with Crippen LogP contribution in [0.1, 0.15) is 45.2 Å². The van der Waals surface area contributed by atoms with Gasteiger partial charge in [0.25, 0.3) is 0 Å². The van der Waals surface area contributed by atoms with Crippen LogP contribution in [-0.4, -0.2) is 4.98 Å². The standard InChI is InChI=1S/C19H20N2.C3H8/c1-13-17(9-6-15-12-21-11-10-18(13)15)14-4-7-16(8-5-14)19(2,3)20;1-3-2/h4-12H,20H2,1-3H3;3H2,1-2H3. The molecule has 2 heteroatoms. The van der Waals surface area contributed by atoms with Crippen molar-refractivity contribution in [1.29, 1.82) is 0 Å². The van der Waals surface area contributed by atoms with Crippen LogP contribution in [0.2, 0.25) is 0 Å². The van der Waals surface area contributed by atoms with Gasteiger partial charge in [-0.3, -0.25) is 4.98 Å². The Hall–Kier alpha value is -2.19. The van der Waals surface area contributed by atoms with Crippen molar-refractivity contribution in [2.45, 2.75) is 46.6 Å². The van der Waals surface area contributed by atoms with Gasteiger partial charge in [0.2, 0.25) is 0 Å². The molecule has 0 atom stereocenters. The molecule has 126 valence electrons. The lowest BCUT2D eigenvalue weighted by Crippen LogP contribution is -2.28. The number of benzene rings is 2. The second kappa shape index (κ2) is 7.59. The van der Waals surface area contributed by atoms with Crippen molar-refractivity contribution in [2.24, 2.45) is 5.73 Å². The van der Waals surface area contributed by atoms with Gasteiger partial charge in [0, 0.05) is 23.3 Å². The average molecular weight is 320 g/mol. The Bertz CT molecular complexity index is 796. The van der Waals surface area contributed by atoms with Gasteiger partial charge in [-0.15, -0.1) is 0 Å². The van der Waals surface area contributed by atoms with Crippen molar-refractivity contribution < 1.29 is 0 Å². The summed E-state index contributed by atoms with van der Waals surface area (Å²) in [7, 11) is 0. The fraction of sp³-hybridized carbons (Fsp3) is 0.318. The second-order valence-electron chi connectivity index (χ2n) is 6.84. The summed E-state index contributed by atoms with van der Waals surface area (Å²) >= 11 is 0. The molecule has 0 aliphatic rings. The zero-order valence-electron chi connectivity index (χ0n) is 15.4. The van der Waals surface area contributed by atoms with Gasteiger partial charge in [-0.1, -0.05) is 56.7 Å². The number of pyridine rings is 1. The zero-order valence-corrected chi connectivity index (χ0v) is 15.4. The average Bonchev–Trinajstić information content (AvgIpc) is 2.56. The second-order valence-corrected chi connectivity index (χ2v) is 6.84. The highest BCUT2D eigenvalue weighted by molar-refractivity contribution is 5.90. The third kappa shape index (κ3) is 4.01. The van der Waals surface area contributed by atoms with Crippen molar-refractivity contribution in [3.8, 4) is 11.1 Å². The Morgan fingerprint density at radius 1 is 0.958 bits per heavy atom. The summed E-state index contributed by atoms with van der Waals surface area (Å²) in [6.07, 6.45) is 5.01. The molecule has 2 N–H and O–H groups in total. The highest BCUT2D eigenvalue weighted by Crippen LogP contribution is 2.30. The zero-order chi connectivity index (χ0) is 17.7. The van der Waals surface area contributed by atoms with Gasteiger partial charge in [-0.05, 0) is 54.5 Å². The summed E-state index contributed by atoms with van der Waals surface area (Å²) < 4.78 is 0. The van der Waals surface area contributed by atoms with Gasteiger partial charge in [-0.25, -0.2) is 0 Å². The van der Waals surface area contributed by atoms with E-state index in [1.165, 1.54) is 33.9 Å². The Kier molecular flexibility index (Phi) is 5.74. The van der Waals surface area contributed by atoms with E-state index < -0.39 is 0 Å². The molecule has 3 aromatic rings. The highest BCUT2D eigenvalue weighted by atomic mass is 14.7. The molecule has 0 fully saturated rings. The molecule has 2 nitrogen and oxygen atoms in total. The summed E-state index contributed by atoms with van der Waals surface area (Å²) in [5.41, 5.74) is 10.8.